The van der Waals surface area contributed by atoms with E-state index in [1.54, 1.807) is 0 Å². The molecule has 0 amide bonds. The predicted octanol–water partition coefficient (Wildman–Crippen LogP) is 1.23. The molecule has 0 spiro atoms. The lowest BCUT2D eigenvalue weighted by Gasteiger charge is -2.10. The van der Waals surface area contributed by atoms with E-state index in [4.69, 9.17) is 0 Å². The van der Waals surface area contributed by atoms with Crippen molar-refractivity contribution in [1.29, 1.82) is 0 Å². The van der Waals surface area contributed by atoms with Crippen LogP contribution in [-0.4, -0.2) is 29.3 Å². The van der Waals surface area contributed by atoms with E-state index in [2.05, 4.69) is 27.8 Å². The SMILES string of the molecule is CC1CCc2c(NC3CCNC3)n[nH]c21. The number of anilines is 1. The van der Waals surface area contributed by atoms with Gasteiger partial charge in [0, 0.05) is 23.8 Å². The number of aromatic amines is 1. The minimum atomic E-state index is 0.563. The highest BCUT2D eigenvalue weighted by atomic mass is 15.2. The van der Waals surface area contributed by atoms with Crippen molar-refractivity contribution in [2.24, 2.45) is 0 Å². The van der Waals surface area contributed by atoms with Crippen LogP contribution in [0.15, 0.2) is 0 Å². The first-order valence-electron chi connectivity index (χ1n) is 5.89. The van der Waals surface area contributed by atoms with Crippen molar-refractivity contribution in [2.45, 2.75) is 38.1 Å². The van der Waals surface area contributed by atoms with Gasteiger partial charge in [-0.1, -0.05) is 6.92 Å². The lowest BCUT2D eigenvalue weighted by atomic mass is 10.1. The van der Waals surface area contributed by atoms with Crippen molar-refractivity contribution in [2.75, 3.05) is 18.4 Å². The van der Waals surface area contributed by atoms with Gasteiger partial charge in [-0.05, 0) is 31.7 Å². The molecule has 15 heavy (non-hydrogen) atoms. The zero-order valence-electron chi connectivity index (χ0n) is 9.14. The Kier molecular flexibility index (Phi) is 2.16. The summed E-state index contributed by atoms with van der Waals surface area (Å²) in [5.74, 6) is 1.76. The molecule has 1 saturated heterocycles. The summed E-state index contributed by atoms with van der Waals surface area (Å²) in [7, 11) is 0. The molecule has 2 heterocycles. The molecule has 4 nitrogen and oxygen atoms in total. The fourth-order valence-corrected chi connectivity index (χ4v) is 2.64. The molecule has 1 aromatic heterocycles. The van der Waals surface area contributed by atoms with Crippen LogP contribution in [-0.2, 0) is 6.42 Å². The monoisotopic (exact) mass is 206 g/mol. The van der Waals surface area contributed by atoms with Gasteiger partial charge in [0.15, 0.2) is 5.82 Å². The fraction of sp³-hybridized carbons (Fsp3) is 0.727. The van der Waals surface area contributed by atoms with Crippen molar-refractivity contribution in [3.63, 3.8) is 0 Å². The maximum Gasteiger partial charge on any atom is 0.151 e. The smallest absolute Gasteiger partial charge is 0.151 e. The lowest BCUT2D eigenvalue weighted by Crippen LogP contribution is -2.22. The molecule has 2 atom stereocenters. The number of aromatic nitrogens is 2. The molecule has 1 fully saturated rings. The first-order valence-corrected chi connectivity index (χ1v) is 5.89. The van der Waals surface area contributed by atoms with E-state index in [0.29, 0.717) is 12.0 Å². The van der Waals surface area contributed by atoms with Crippen molar-refractivity contribution in [3.05, 3.63) is 11.3 Å². The second-order valence-corrected chi connectivity index (χ2v) is 4.74. The van der Waals surface area contributed by atoms with Crippen LogP contribution in [0, 0.1) is 0 Å². The Bertz CT molecular complexity index is 351. The van der Waals surface area contributed by atoms with Crippen molar-refractivity contribution in [3.8, 4) is 0 Å². The molecule has 0 aromatic carbocycles. The number of H-pyrrole nitrogens is 1. The first kappa shape index (κ1) is 9.21. The Morgan fingerprint density at radius 1 is 1.40 bits per heavy atom. The molecule has 1 aromatic rings. The molecule has 3 N–H and O–H groups in total. The van der Waals surface area contributed by atoms with Crippen LogP contribution >= 0.6 is 0 Å². The lowest BCUT2D eigenvalue weighted by molar-refractivity contribution is 0.713. The molecule has 2 aliphatic rings. The van der Waals surface area contributed by atoms with E-state index >= 15 is 0 Å². The Balaban J connectivity index is 1.78. The predicted molar refractivity (Wildman–Crippen MR) is 60.2 cm³/mol. The van der Waals surface area contributed by atoms with Gasteiger partial charge in [-0.3, -0.25) is 5.10 Å². The molecule has 82 valence electrons. The van der Waals surface area contributed by atoms with Crippen molar-refractivity contribution in [1.82, 2.24) is 15.5 Å². The van der Waals surface area contributed by atoms with Gasteiger partial charge in [-0.2, -0.15) is 5.10 Å². The summed E-state index contributed by atoms with van der Waals surface area (Å²) in [5, 5.41) is 14.5. The summed E-state index contributed by atoms with van der Waals surface area (Å²) in [4.78, 5) is 0. The summed E-state index contributed by atoms with van der Waals surface area (Å²) in [6.45, 7) is 4.46. The highest BCUT2D eigenvalue weighted by molar-refractivity contribution is 5.50. The molecular weight excluding hydrogens is 188 g/mol. The second-order valence-electron chi connectivity index (χ2n) is 4.74. The minimum Gasteiger partial charge on any atom is -0.364 e. The van der Waals surface area contributed by atoms with Crippen LogP contribution in [0.25, 0.3) is 0 Å². The van der Waals surface area contributed by atoms with Crippen LogP contribution in [0.1, 0.15) is 36.9 Å². The van der Waals surface area contributed by atoms with Crippen LogP contribution in [0.5, 0.6) is 0 Å². The summed E-state index contributed by atoms with van der Waals surface area (Å²) < 4.78 is 0. The molecular formula is C11H18N4. The molecule has 0 bridgehead atoms. The number of hydrogen-bond donors (Lipinski definition) is 3. The summed E-state index contributed by atoms with van der Waals surface area (Å²) >= 11 is 0. The highest BCUT2D eigenvalue weighted by Crippen LogP contribution is 2.35. The molecule has 4 heteroatoms. The Morgan fingerprint density at radius 3 is 3.13 bits per heavy atom. The Labute approximate surface area is 89.8 Å². The van der Waals surface area contributed by atoms with Gasteiger partial charge in [-0.15, -0.1) is 0 Å². The largest absolute Gasteiger partial charge is 0.364 e. The molecule has 2 unspecified atom stereocenters. The van der Waals surface area contributed by atoms with Gasteiger partial charge in [0.05, 0.1) is 0 Å². The molecule has 0 radical (unpaired) electrons. The molecule has 1 aliphatic carbocycles. The topological polar surface area (TPSA) is 52.7 Å². The van der Waals surface area contributed by atoms with E-state index in [1.165, 1.54) is 30.5 Å². The molecule has 3 rings (SSSR count). The summed E-state index contributed by atoms with van der Waals surface area (Å²) in [6, 6.07) is 0.563. The Hall–Kier alpha value is -1.03. The van der Waals surface area contributed by atoms with Crippen LogP contribution in [0.4, 0.5) is 5.82 Å². The zero-order valence-corrected chi connectivity index (χ0v) is 9.14. The third kappa shape index (κ3) is 1.53. The number of nitrogens with zero attached hydrogens (tertiary/aromatic N) is 1. The summed E-state index contributed by atoms with van der Waals surface area (Å²) in [5.41, 5.74) is 2.78. The number of nitrogens with one attached hydrogen (secondary N) is 3. The van der Waals surface area contributed by atoms with Gasteiger partial charge >= 0.3 is 0 Å². The minimum absolute atomic E-state index is 0.563. The standard InChI is InChI=1S/C11H18N4/c1-7-2-3-9-10(7)14-15-11(9)13-8-4-5-12-6-8/h7-8,12H,2-6H2,1H3,(H2,13,14,15). The van der Waals surface area contributed by atoms with E-state index in [-0.39, 0.29) is 0 Å². The van der Waals surface area contributed by atoms with Gasteiger partial charge in [0.1, 0.15) is 0 Å². The van der Waals surface area contributed by atoms with Gasteiger partial charge < -0.3 is 10.6 Å². The third-order valence-corrected chi connectivity index (χ3v) is 3.62. The normalized spacial score (nSPS) is 29.4. The maximum atomic E-state index is 4.39. The van der Waals surface area contributed by atoms with E-state index < -0.39 is 0 Å². The second kappa shape index (κ2) is 3.52. The average molecular weight is 206 g/mol. The zero-order chi connectivity index (χ0) is 10.3. The quantitative estimate of drug-likeness (QED) is 0.682. The van der Waals surface area contributed by atoms with Crippen LogP contribution in [0.2, 0.25) is 0 Å². The van der Waals surface area contributed by atoms with E-state index in [1.807, 2.05) is 0 Å². The van der Waals surface area contributed by atoms with Crippen molar-refractivity contribution < 1.29 is 0 Å². The molecule has 0 saturated carbocycles. The summed E-state index contributed by atoms with van der Waals surface area (Å²) in [6.07, 6.45) is 3.65. The fourth-order valence-electron chi connectivity index (χ4n) is 2.64. The first-order chi connectivity index (χ1) is 7.34. The van der Waals surface area contributed by atoms with Gasteiger partial charge in [0.2, 0.25) is 0 Å². The maximum absolute atomic E-state index is 4.39. The number of rotatable bonds is 2. The number of fused-ring (bicyclic) bond motifs is 1. The highest BCUT2D eigenvalue weighted by Gasteiger charge is 2.26. The van der Waals surface area contributed by atoms with E-state index in [9.17, 15) is 0 Å². The van der Waals surface area contributed by atoms with E-state index in [0.717, 1.165) is 18.9 Å². The third-order valence-electron chi connectivity index (χ3n) is 3.62. The number of hydrogen-bond acceptors (Lipinski definition) is 3. The van der Waals surface area contributed by atoms with Crippen molar-refractivity contribution >= 4 is 5.82 Å². The van der Waals surface area contributed by atoms with Gasteiger partial charge in [-0.25, -0.2) is 0 Å². The van der Waals surface area contributed by atoms with Crippen LogP contribution < -0.4 is 10.6 Å². The van der Waals surface area contributed by atoms with Crippen LogP contribution in [0.3, 0.4) is 0 Å². The molecule has 1 aliphatic heterocycles. The van der Waals surface area contributed by atoms with Gasteiger partial charge in [0.25, 0.3) is 0 Å². The Morgan fingerprint density at radius 2 is 2.33 bits per heavy atom. The average Bonchev–Trinajstić information content (AvgIpc) is 2.89.